The number of nitrogens with zero attached hydrogens (tertiary/aromatic N) is 2. The van der Waals surface area contributed by atoms with Crippen LogP contribution in [0.5, 0.6) is 0 Å². The third-order valence-corrected chi connectivity index (χ3v) is 3.81. The van der Waals surface area contributed by atoms with Crippen molar-refractivity contribution in [2.75, 3.05) is 11.9 Å². The number of pyridine rings is 1. The molecule has 2 heterocycles. The maximum atomic E-state index is 10.8. The lowest BCUT2D eigenvalue weighted by atomic mass is 10.1. The number of ether oxygens (including phenoxy) is 1. The maximum absolute atomic E-state index is 10.8. The van der Waals surface area contributed by atoms with Gasteiger partial charge in [0.25, 0.3) is 5.69 Å². The first-order valence-electron chi connectivity index (χ1n) is 6.65. The molecule has 1 saturated heterocycles. The summed E-state index contributed by atoms with van der Waals surface area (Å²) < 4.78 is 5.76. The third-order valence-electron chi connectivity index (χ3n) is 3.81. The minimum atomic E-state index is -0.405. The van der Waals surface area contributed by atoms with Crippen molar-refractivity contribution >= 4 is 11.5 Å². The summed E-state index contributed by atoms with van der Waals surface area (Å²) in [6, 6.07) is 3.46. The van der Waals surface area contributed by atoms with Crippen LogP contribution in [0.25, 0.3) is 0 Å². The summed E-state index contributed by atoms with van der Waals surface area (Å²) in [4.78, 5) is 14.6. The molecule has 1 aromatic rings. The van der Waals surface area contributed by atoms with Crippen molar-refractivity contribution in [3.8, 4) is 0 Å². The molecule has 1 N–H and O–H groups in total. The predicted molar refractivity (Wildman–Crippen MR) is 70.1 cm³/mol. The van der Waals surface area contributed by atoms with Crippen LogP contribution in [0.15, 0.2) is 12.1 Å². The molecular formula is C13H17N3O3. The highest BCUT2D eigenvalue weighted by Crippen LogP contribution is 2.39. The maximum Gasteiger partial charge on any atom is 0.290 e. The minimum absolute atomic E-state index is 0.0620. The minimum Gasteiger partial charge on any atom is -0.376 e. The van der Waals surface area contributed by atoms with Gasteiger partial charge in [-0.3, -0.25) is 10.1 Å². The molecule has 1 aromatic heterocycles. The van der Waals surface area contributed by atoms with E-state index in [2.05, 4.69) is 10.3 Å². The van der Waals surface area contributed by atoms with Gasteiger partial charge in [0, 0.05) is 12.7 Å². The Bertz CT molecular complexity index is 502. The Kier molecular flexibility index (Phi) is 3.10. The second kappa shape index (κ2) is 4.77. The summed E-state index contributed by atoms with van der Waals surface area (Å²) >= 11 is 0. The predicted octanol–water partition coefficient (Wildman–Crippen LogP) is 2.28. The first-order chi connectivity index (χ1) is 9.15. The van der Waals surface area contributed by atoms with Gasteiger partial charge in [0.2, 0.25) is 0 Å². The monoisotopic (exact) mass is 263 g/mol. The molecule has 1 saturated carbocycles. The summed E-state index contributed by atoms with van der Waals surface area (Å²) in [5.74, 6) is 1.38. The number of hydrogen-bond acceptors (Lipinski definition) is 5. The van der Waals surface area contributed by atoms with Gasteiger partial charge in [-0.2, -0.15) is 0 Å². The van der Waals surface area contributed by atoms with Gasteiger partial charge >= 0.3 is 0 Å². The molecule has 1 aliphatic carbocycles. The molecule has 1 aliphatic heterocycles. The van der Waals surface area contributed by atoms with E-state index in [1.165, 1.54) is 18.9 Å². The van der Waals surface area contributed by atoms with Crippen molar-refractivity contribution < 1.29 is 9.66 Å². The van der Waals surface area contributed by atoms with E-state index in [0.717, 1.165) is 13.0 Å². The average molecular weight is 263 g/mol. The van der Waals surface area contributed by atoms with E-state index < -0.39 is 4.92 Å². The second-order valence-electron chi connectivity index (χ2n) is 5.27. The van der Waals surface area contributed by atoms with Crippen LogP contribution >= 0.6 is 0 Å². The van der Waals surface area contributed by atoms with Gasteiger partial charge < -0.3 is 10.1 Å². The molecule has 102 valence electrons. The molecule has 2 fully saturated rings. The van der Waals surface area contributed by atoms with Gasteiger partial charge in [-0.05, 0) is 38.2 Å². The second-order valence-corrected chi connectivity index (χ2v) is 5.27. The summed E-state index contributed by atoms with van der Waals surface area (Å²) in [6.45, 7) is 2.44. The van der Waals surface area contributed by atoms with Crippen LogP contribution in [-0.4, -0.2) is 28.7 Å². The number of aryl methyl sites for hydroxylation is 1. The smallest absolute Gasteiger partial charge is 0.290 e. The van der Waals surface area contributed by atoms with Crippen molar-refractivity contribution in [3.63, 3.8) is 0 Å². The van der Waals surface area contributed by atoms with Crippen molar-refractivity contribution in [2.24, 2.45) is 5.92 Å². The molecule has 2 unspecified atom stereocenters. The first kappa shape index (κ1) is 12.3. The molecule has 6 heteroatoms. The van der Waals surface area contributed by atoms with E-state index in [1.807, 2.05) is 0 Å². The lowest BCUT2D eigenvalue weighted by Crippen LogP contribution is -2.31. The van der Waals surface area contributed by atoms with E-state index in [-0.39, 0.29) is 17.8 Å². The molecule has 0 radical (unpaired) electrons. The van der Waals surface area contributed by atoms with E-state index in [1.54, 1.807) is 13.0 Å². The molecule has 2 aliphatic rings. The van der Waals surface area contributed by atoms with Crippen LogP contribution < -0.4 is 5.32 Å². The van der Waals surface area contributed by atoms with Gasteiger partial charge in [-0.25, -0.2) is 4.98 Å². The zero-order valence-corrected chi connectivity index (χ0v) is 10.8. The fraction of sp³-hybridized carbons (Fsp3) is 0.615. The van der Waals surface area contributed by atoms with Crippen molar-refractivity contribution in [1.82, 2.24) is 4.98 Å². The van der Waals surface area contributed by atoms with Gasteiger partial charge in [-0.1, -0.05) is 0 Å². The van der Waals surface area contributed by atoms with Crippen molar-refractivity contribution in [3.05, 3.63) is 27.9 Å². The number of hydrogen-bond donors (Lipinski definition) is 1. The normalized spacial score (nSPS) is 26.4. The first-order valence-corrected chi connectivity index (χ1v) is 6.65. The van der Waals surface area contributed by atoms with E-state index in [0.29, 0.717) is 17.4 Å². The zero-order valence-electron chi connectivity index (χ0n) is 10.8. The number of rotatable bonds is 4. The lowest BCUT2D eigenvalue weighted by molar-refractivity contribution is -0.385. The van der Waals surface area contributed by atoms with Gasteiger partial charge in [0.15, 0.2) is 0 Å². The Morgan fingerprint density at radius 1 is 1.42 bits per heavy atom. The highest BCUT2D eigenvalue weighted by Gasteiger charge is 2.40. The van der Waals surface area contributed by atoms with E-state index in [9.17, 15) is 10.1 Å². The molecule has 0 amide bonds. The summed E-state index contributed by atoms with van der Waals surface area (Å²) in [6.07, 6.45) is 3.74. The van der Waals surface area contributed by atoms with Crippen molar-refractivity contribution in [2.45, 2.75) is 38.3 Å². The molecule has 0 bridgehead atoms. The Balaban J connectivity index is 1.72. The topological polar surface area (TPSA) is 77.3 Å². The molecule has 19 heavy (non-hydrogen) atoms. The SMILES string of the molecule is Cc1nc(NC2CCOC2C2CC2)ccc1[N+](=O)[O-]. The number of nitro groups is 1. The van der Waals surface area contributed by atoms with Crippen LogP contribution in [-0.2, 0) is 4.74 Å². The molecule has 0 aromatic carbocycles. The van der Waals surface area contributed by atoms with Crippen LogP contribution in [0, 0.1) is 23.0 Å². The lowest BCUT2D eigenvalue weighted by Gasteiger charge is -2.20. The average Bonchev–Trinajstić information content (AvgIpc) is 3.10. The summed E-state index contributed by atoms with van der Waals surface area (Å²) in [7, 11) is 0. The number of nitrogens with one attached hydrogen (secondary N) is 1. The Morgan fingerprint density at radius 2 is 2.21 bits per heavy atom. The van der Waals surface area contributed by atoms with E-state index in [4.69, 9.17) is 4.74 Å². The molecular weight excluding hydrogens is 246 g/mol. The van der Waals surface area contributed by atoms with Crippen LogP contribution in [0.1, 0.15) is 25.0 Å². The van der Waals surface area contributed by atoms with Crippen LogP contribution in [0.3, 0.4) is 0 Å². The fourth-order valence-corrected chi connectivity index (χ4v) is 2.67. The zero-order chi connectivity index (χ0) is 13.4. The Hall–Kier alpha value is -1.69. The quantitative estimate of drug-likeness (QED) is 0.666. The number of anilines is 1. The highest BCUT2D eigenvalue weighted by molar-refractivity contribution is 5.45. The summed E-state index contributed by atoms with van der Waals surface area (Å²) in [5, 5.41) is 14.1. The van der Waals surface area contributed by atoms with Gasteiger partial charge in [0.1, 0.15) is 11.5 Å². The Morgan fingerprint density at radius 3 is 2.84 bits per heavy atom. The van der Waals surface area contributed by atoms with Crippen molar-refractivity contribution in [1.29, 1.82) is 0 Å². The third kappa shape index (κ3) is 2.53. The van der Waals surface area contributed by atoms with Gasteiger partial charge in [0.05, 0.1) is 17.1 Å². The molecule has 2 atom stereocenters. The fourth-order valence-electron chi connectivity index (χ4n) is 2.67. The van der Waals surface area contributed by atoms with Crippen LogP contribution in [0.4, 0.5) is 11.5 Å². The summed E-state index contributed by atoms with van der Waals surface area (Å²) in [5.41, 5.74) is 0.504. The van der Waals surface area contributed by atoms with Crippen LogP contribution in [0.2, 0.25) is 0 Å². The molecule has 3 rings (SSSR count). The Labute approximate surface area is 111 Å². The highest BCUT2D eigenvalue weighted by atomic mass is 16.6. The molecule has 0 spiro atoms. The molecule has 6 nitrogen and oxygen atoms in total. The largest absolute Gasteiger partial charge is 0.376 e. The number of aromatic nitrogens is 1. The van der Waals surface area contributed by atoms with E-state index >= 15 is 0 Å². The van der Waals surface area contributed by atoms with Gasteiger partial charge in [-0.15, -0.1) is 0 Å². The standard InChI is InChI=1S/C13H17N3O3/c1-8-11(16(17)18)4-5-12(14-8)15-10-6-7-19-13(10)9-2-3-9/h4-5,9-10,13H,2-3,6-7H2,1H3,(H,14,15).